The van der Waals surface area contributed by atoms with E-state index in [-0.39, 0.29) is 21.8 Å². The number of nitrogens with zero attached hydrogens (tertiary/aromatic N) is 2. The number of morpholine rings is 1. The molecule has 0 spiro atoms. The number of hydrogen-bond donors (Lipinski definition) is 0. The van der Waals surface area contributed by atoms with E-state index in [1.807, 2.05) is 4.90 Å². The third kappa shape index (κ3) is 3.04. The van der Waals surface area contributed by atoms with E-state index in [0.717, 1.165) is 52.4 Å². The van der Waals surface area contributed by atoms with Crippen molar-refractivity contribution in [2.45, 2.75) is 20.3 Å². The van der Waals surface area contributed by atoms with Crippen LogP contribution in [0.2, 0.25) is 5.02 Å². The van der Waals surface area contributed by atoms with Crippen LogP contribution in [0.25, 0.3) is 0 Å². The van der Waals surface area contributed by atoms with E-state index in [0.29, 0.717) is 11.5 Å². The molecule has 2 aliphatic heterocycles. The van der Waals surface area contributed by atoms with E-state index in [2.05, 4.69) is 18.7 Å². The topological polar surface area (TPSA) is 32.8 Å². The summed E-state index contributed by atoms with van der Waals surface area (Å²) in [6, 6.07) is 4.02. The fraction of sp³-hybridized carbons (Fsp3) is 0.650. The van der Waals surface area contributed by atoms with Gasteiger partial charge in [0.25, 0.3) is 5.91 Å². The number of likely N-dealkylation sites (tertiary alicyclic amines) is 1. The molecular formula is C20H26ClFN2O2. The summed E-state index contributed by atoms with van der Waals surface area (Å²) in [5.74, 6) is -0.0134. The van der Waals surface area contributed by atoms with E-state index in [1.54, 1.807) is 0 Å². The zero-order chi connectivity index (χ0) is 18.5. The van der Waals surface area contributed by atoms with Gasteiger partial charge in [0, 0.05) is 38.1 Å². The van der Waals surface area contributed by atoms with Gasteiger partial charge in [-0.05, 0) is 36.0 Å². The van der Waals surface area contributed by atoms with Gasteiger partial charge in [0.05, 0.1) is 23.8 Å². The summed E-state index contributed by atoms with van der Waals surface area (Å²) in [4.78, 5) is 17.4. The highest BCUT2D eigenvalue weighted by atomic mass is 35.5. The molecule has 2 saturated heterocycles. The predicted octanol–water partition coefficient (Wildman–Crippen LogP) is 3.30. The minimum Gasteiger partial charge on any atom is -0.379 e. The van der Waals surface area contributed by atoms with Crippen LogP contribution in [-0.2, 0) is 4.74 Å². The van der Waals surface area contributed by atoms with Crippen molar-refractivity contribution in [3.63, 3.8) is 0 Å². The maximum absolute atomic E-state index is 13.3. The van der Waals surface area contributed by atoms with E-state index in [4.69, 9.17) is 16.3 Å². The van der Waals surface area contributed by atoms with Gasteiger partial charge in [-0.15, -0.1) is 0 Å². The first-order chi connectivity index (χ1) is 12.3. The van der Waals surface area contributed by atoms with Crippen molar-refractivity contribution in [3.8, 4) is 0 Å². The van der Waals surface area contributed by atoms with Gasteiger partial charge in [0.1, 0.15) is 5.82 Å². The summed E-state index contributed by atoms with van der Waals surface area (Å²) < 4.78 is 18.8. The molecule has 1 aliphatic carbocycles. The van der Waals surface area contributed by atoms with Gasteiger partial charge in [-0.1, -0.05) is 25.4 Å². The number of benzene rings is 1. The van der Waals surface area contributed by atoms with E-state index in [1.165, 1.54) is 18.2 Å². The fourth-order valence-electron chi connectivity index (χ4n) is 5.53. The highest BCUT2D eigenvalue weighted by molar-refractivity contribution is 6.33. The molecule has 2 heterocycles. The molecule has 0 radical (unpaired) electrons. The van der Waals surface area contributed by atoms with Crippen LogP contribution in [0, 0.1) is 22.6 Å². The highest BCUT2D eigenvalue weighted by Crippen LogP contribution is 2.63. The van der Waals surface area contributed by atoms with Crippen molar-refractivity contribution in [1.82, 2.24) is 9.80 Å². The third-order valence-corrected chi connectivity index (χ3v) is 6.80. The Balaban J connectivity index is 1.53. The Hall–Kier alpha value is -1.17. The molecule has 3 fully saturated rings. The molecule has 2 atom stereocenters. The SMILES string of the molecule is CC1(C)C[C@]2(CN3CCOCC3)CN(C(=O)c3ccc(F)cc3Cl)C[C@H]12. The molecule has 1 amide bonds. The van der Waals surface area contributed by atoms with Crippen LogP contribution in [0.5, 0.6) is 0 Å². The van der Waals surface area contributed by atoms with Gasteiger partial charge in [-0.25, -0.2) is 4.39 Å². The maximum Gasteiger partial charge on any atom is 0.255 e. The molecule has 1 saturated carbocycles. The number of fused-ring (bicyclic) bond motifs is 1. The van der Waals surface area contributed by atoms with Crippen LogP contribution in [0.1, 0.15) is 30.6 Å². The van der Waals surface area contributed by atoms with Crippen molar-refractivity contribution in [3.05, 3.63) is 34.6 Å². The van der Waals surface area contributed by atoms with Gasteiger partial charge in [0.15, 0.2) is 0 Å². The lowest BCUT2D eigenvalue weighted by Crippen LogP contribution is -2.59. The van der Waals surface area contributed by atoms with Crippen LogP contribution in [0.3, 0.4) is 0 Å². The van der Waals surface area contributed by atoms with Crippen molar-refractivity contribution < 1.29 is 13.9 Å². The number of ether oxygens (including phenoxy) is 1. The van der Waals surface area contributed by atoms with Gasteiger partial charge in [-0.3, -0.25) is 9.69 Å². The van der Waals surface area contributed by atoms with Gasteiger partial charge >= 0.3 is 0 Å². The largest absolute Gasteiger partial charge is 0.379 e. The Morgan fingerprint density at radius 1 is 1.35 bits per heavy atom. The quantitative estimate of drug-likeness (QED) is 0.806. The summed E-state index contributed by atoms with van der Waals surface area (Å²) in [7, 11) is 0. The molecule has 6 heteroatoms. The highest BCUT2D eigenvalue weighted by Gasteiger charge is 2.63. The van der Waals surface area contributed by atoms with Gasteiger partial charge in [-0.2, -0.15) is 0 Å². The minimum atomic E-state index is -0.419. The summed E-state index contributed by atoms with van der Waals surface area (Å²) in [6.45, 7) is 10.6. The molecule has 0 N–H and O–H groups in total. The molecule has 142 valence electrons. The molecule has 3 aliphatic rings. The Kier molecular flexibility index (Phi) is 4.53. The smallest absolute Gasteiger partial charge is 0.255 e. The lowest BCUT2D eigenvalue weighted by Gasteiger charge is -2.58. The van der Waals surface area contributed by atoms with Crippen molar-refractivity contribution in [2.24, 2.45) is 16.7 Å². The van der Waals surface area contributed by atoms with E-state index < -0.39 is 5.82 Å². The Morgan fingerprint density at radius 2 is 2.08 bits per heavy atom. The average molecular weight is 381 g/mol. The molecule has 4 nitrogen and oxygen atoms in total. The van der Waals surface area contributed by atoms with Crippen LogP contribution in [-0.4, -0.2) is 61.6 Å². The predicted molar refractivity (Wildman–Crippen MR) is 98.9 cm³/mol. The molecule has 4 rings (SSSR count). The molecule has 0 aromatic heterocycles. The number of amides is 1. The average Bonchev–Trinajstić information content (AvgIpc) is 2.90. The van der Waals surface area contributed by atoms with Gasteiger partial charge in [0.2, 0.25) is 0 Å². The number of carbonyl (C=O) groups excluding carboxylic acids is 1. The van der Waals surface area contributed by atoms with Crippen LogP contribution < -0.4 is 0 Å². The van der Waals surface area contributed by atoms with Crippen molar-refractivity contribution in [2.75, 3.05) is 45.9 Å². The fourth-order valence-corrected chi connectivity index (χ4v) is 5.78. The Labute approximate surface area is 159 Å². The molecule has 1 aromatic carbocycles. The number of rotatable bonds is 3. The minimum absolute atomic E-state index is 0.0819. The molecule has 26 heavy (non-hydrogen) atoms. The summed E-state index contributed by atoms with van der Waals surface area (Å²) in [5, 5.41) is 0.190. The monoisotopic (exact) mass is 380 g/mol. The Bertz CT molecular complexity index is 720. The number of hydrogen-bond acceptors (Lipinski definition) is 3. The number of carbonyl (C=O) groups is 1. The van der Waals surface area contributed by atoms with E-state index in [9.17, 15) is 9.18 Å². The van der Waals surface area contributed by atoms with Crippen LogP contribution in [0.4, 0.5) is 4.39 Å². The van der Waals surface area contributed by atoms with Crippen LogP contribution in [0.15, 0.2) is 18.2 Å². The molecule has 0 bridgehead atoms. The second-order valence-corrected chi connectivity index (χ2v) is 9.19. The Morgan fingerprint density at radius 3 is 2.73 bits per heavy atom. The van der Waals surface area contributed by atoms with Crippen LogP contribution >= 0.6 is 11.6 Å². The zero-order valence-electron chi connectivity index (χ0n) is 15.4. The standard InChI is InChI=1S/C20H26ClFN2O2/c1-19(2)11-20(12-23-5-7-26-8-6-23)13-24(10-17(19)20)18(25)15-4-3-14(22)9-16(15)21/h3-4,9,17H,5-8,10-13H2,1-2H3/t17-,20+/m1/s1. The third-order valence-electron chi connectivity index (χ3n) is 6.49. The zero-order valence-corrected chi connectivity index (χ0v) is 16.2. The van der Waals surface area contributed by atoms with Crippen molar-refractivity contribution in [1.29, 1.82) is 0 Å². The lowest BCUT2D eigenvalue weighted by molar-refractivity contribution is -0.0966. The first-order valence-electron chi connectivity index (χ1n) is 9.35. The lowest BCUT2D eigenvalue weighted by atomic mass is 9.48. The second-order valence-electron chi connectivity index (χ2n) is 8.78. The first kappa shape index (κ1) is 18.2. The summed E-state index contributed by atoms with van der Waals surface area (Å²) in [5.41, 5.74) is 0.797. The normalized spacial score (nSPS) is 30.8. The summed E-state index contributed by atoms with van der Waals surface area (Å²) in [6.07, 6.45) is 1.13. The van der Waals surface area contributed by atoms with Gasteiger partial charge < -0.3 is 9.64 Å². The van der Waals surface area contributed by atoms with E-state index >= 15 is 0 Å². The molecule has 1 aromatic rings. The first-order valence-corrected chi connectivity index (χ1v) is 9.73. The molecular weight excluding hydrogens is 355 g/mol. The van der Waals surface area contributed by atoms with Crippen molar-refractivity contribution >= 4 is 17.5 Å². The second kappa shape index (κ2) is 6.47. The molecule has 0 unspecified atom stereocenters. The maximum atomic E-state index is 13.3. The number of halogens is 2. The summed E-state index contributed by atoms with van der Waals surface area (Å²) >= 11 is 6.13.